The molecule has 1 fully saturated rings. The summed E-state index contributed by atoms with van der Waals surface area (Å²) in [4.78, 5) is 21.9. The standard InChI is InChI=1S/C25H26N4O4/c1-16-10-20-21(11-17(16)2)28-25(27-20)19(14-26)12-18-4-5-22(23(13-18)31-3)33-15-24(30)29-6-8-32-9-7-29/h4-5,10-13H,6-9,15H2,1-3H3,(H,27,28)/b19-12-. The zero-order valence-electron chi connectivity index (χ0n) is 19.0. The average Bonchev–Trinajstić information content (AvgIpc) is 3.24. The molecule has 1 amide bonds. The maximum absolute atomic E-state index is 12.3. The van der Waals surface area contributed by atoms with Crippen molar-refractivity contribution in [3.05, 3.63) is 52.8 Å². The number of nitrogens with one attached hydrogen (secondary N) is 1. The van der Waals surface area contributed by atoms with E-state index in [0.29, 0.717) is 49.2 Å². The number of ether oxygens (including phenoxy) is 3. The van der Waals surface area contributed by atoms with E-state index < -0.39 is 0 Å². The molecule has 8 heteroatoms. The van der Waals surface area contributed by atoms with Gasteiger partial charge in [-0.3, -0.25) is 4.79 Å². The number of nitriles is 1. The largest absolute Gasteiger partial charge is 0.493 e. The first kappa shape index (κ1) is 22.4. The number of carbonyl (C=O) groups excluding carboxylic acids is 1. The van der Waals surface area contributed by atoms with Gasteiger partial charge in [0, 0.05) is 13.1 Å². The number of amides is 1. The van der Waals surface area contributed by atoms with Crippen molar-refractivity contribution in [2.75, 3.05) is 40.0 Å². The van der Waals surface area contributed by atoms with Crippen LogP contribution in [0.25, 0.3) is 22.7 Å². The van der Waals surface area contributed by atoms with Gasteiger partial charge < -0.3 is 24.1 Å². The van der Waals surface area contributed by atoms with E-state index in [4.69, 9.17) is 14.2 Å². The minimum absolute atomic E-state index is 0.0766. The van der Waals surface area contributed by atoms with Crippen molar-refractivity contribution >= 4 is 28.6 Å². The highest BCUT2D eigenvalue weighted by atomic mass is 16.5. The molecule has 1 aromatic heterocycles. The Kier molecular flexibility index (Phi) is 6.61. The maximum Gasteiger partial charge on any atom is 0.260 e. The molecular formula is C25H26N4O4. The maximum atomic E-state index is 12.3. The molecule has 0 unspecified atom stereocenters. The SMILES string of the molecule is COc1cc(/C=C(/C#N)c2nc3cc(C)c(C)cc3[nH]2)ccc1OCC(=O)N1CCOCC1. The summed E-state index contributed by atoms with van der Waals surface area (Å²) in [6.07, 6.45) is 1.74. The normalized spacial score (nSPS) is 14.2. The third kappa shape index (κ3) is 4.99. The summed E-state index contributed by atoms with van der Waals surface area (Å²) < 4.78 is 16.4. The molecule has 0 saturated carbocycles. The van der Waals surface area contributed by atoms with Crippen molar-refractivity contribution in [2.24, 2.45) is 0 Å². The Morgan fingerprint density at radius 3 is 2.70 bits per heavy atom. The van der Waals surface area contributed by atoms with Crippen LogP contribution in [0.3, 0.4) is 0 Å². The molecule has 1 saturated heterocycles. The third-order valence-electron chi connectivity index (χ3n) is 5.69. The number of benzene rings is 2. The predicted octanol–water partition coefficient (Wildman–Crippen LogP) is 3.49. The van der Waals surface area contributed by atoms with Crippen molar-refractivity contribution in [1.29, 1.82) is 5.26 Å². The fourth-order valence-electron chi connectivity index (χ4n) is 3.65. The lowest BCUT2D eigenvalue weighted by Gasteiger charge is -2.26. The topological polar surface area (TPSA) is 100 Å². The van der Waals surface area contributed by atoms with E-state index in [2.05, 4.69) is 16.0 Å². The van der Waals surface area contributed by atoms with Gasteiger partial charge in [0.2, 0.25) is 0 Å². The molecule has 170 valence electrons. The van der Waals surface area contributed by atoms with Crippen molar-refractivity contribution < 1.29 is 19.0 Å². The number of carbonyl (C=O) groups is 1. The van der Waals surface area contributed by atoms with Crippen LogP contribution in [0.5, 0.6) is 11.5 Å². The van der Waals surface area contributed by atoms with E-state index in [1.54, 1.807) is 23.1 Å². The monoisotopic (exact) mass is 446 g/mol. The number of aromatic nitrogens is 2. The number of morpholine rings is 1. The Labute approximate surface area is 192 Å². The van der Waals surface area contributed by atoms with Gasteiger partial charge in [0.05, 0.1) is 36.9 Å². The molecule has 1 aliphatic rings. The Morgan fingerprint density at radius 1 is 1.21 bits per heavy atom. The lowest BCUT2D eigenvalue weighted by Crippen LogP contribution is -2.43. The van der Waals surface area contributed by atoms with Crippen molar-refractivity contribution in [3.8, 4) is 17.6 Å². The molecule has 4 rings (SSSR count). The van der Waals surface area contributed by atoms with Gasteiger partial charge in [0.1, 0.15) is 11.9 Å². The van der Waals surface area contributed by atoms with Crippen molar-refractivity contribution in [3.63, 3.8) is 0 Å². The number of nitrogens with zero attached hydrogens (tertiary/aromatic N) is 3. The number of aromatic amines is 1. The second-order valence-corrected chi connectivity index (χ2v) is 7.90. The number of fused-ring (bicyclic) bond motifs is 1. The highest BCUT2D eigenvalue weighted by Crippen LogP contribution is 2.30. The van der Waals surface area contributed by atoms with Crippen LogP contribution in [0.15, 0.2) is 30.3 Å². The summed E-state index contributed by atoms with van der Waals surface area (Å²) in [6, 6.07) is 11.6. The fraction of sp³-hybridized carbons (Fsp3) is 0.320. The quantitative estimate of drug-likeness (QED) is 0.582. The molecule has 0 atom stereocenters. The summed E-state index contributed by atoms with van der Waals surface area (Å²) in [5, 5.41) is 9.74. The van der Waals surface area contributed by atoms with Gasteiger partial charge in [-0.1, -0.05) is 6.07 Å². The van der Waals surface area contributed by atoms with E-state index in [9.17, 15) is 10.1 Å². The lowest BCUT2D eigenvalue weighted by atomic mass is 10.1. The minimum atomic E-state index is -0.0912. The molecule has 0 bridgehead atoms. The second kappa shape index (κ2) is 9.76. The molecule has 0 radical (unpaired) electrons. The molecule has 0 spiro atoms. The van der Waals surface area contributed by atoms with Crippen LogP contribution in [-0.2, 0) is 9.53 Å². The Hall–Kier alpha value is -3.83. The second-order valence-electron chi connectivity index (χ2n) is 7.90. The Morgan fingerprint density at radius 2 is 1.97 bits per heavy atom. The highest BCUT2D eigenvalue weighted by Gasteiger charge is 2.18. The lowest BCUT2D eigenvalue weighted by molar-refractivity contribution is -0.137. The van der Waals surface area contributed by atoms with E-state index in [1.807, 2.05) is 32.0 Å². The summed E-state index contributed by atoms with van der Waals surface area (Å²) in [5.74, 6) is 1.36. The number of methoxy groups -OCH3 is 1. The minimum Gasteiger partial charge on any atom is -0.493 e. The number of aryl methyl sites for hydroxylation is 2. The number of H-pyrrole nitrogens is 1. The molecule has 8 nitrogen and oxygen atoms in total. The third-order valence-corrected chi connectivity index (χ3v) is 5.69. The van der Waals surface area contributed by atoms with E-state index in [1.165, 1.54) is 7.11 Å². The summed E-state index contributed by atoms with van der Waals surface area (Å²) in [6.45, 7) is 6.23. The first-order valence-electron chi connectivity index (χ1n) is 10.7. The van der Waals surface area contributed by atoms with Gasteiger partial charge in [-0.05, 0) is 60.9 Å². The van der Waals surface area contributed by atoms with Crippen LogP contribution in [0, 0.1) is 25.2 Å². The molecule has 3 aromatic rings. The molecule has 1 N–H and O–H groups in total. The summed E-state index contributed by atoms with van der Waals surface area (Å²) in [5.41, 5.74) is 5.17. The molecule has 2 aromatic carbocycles. The number of hydrogen-bond acceptors (Lipinski definition) is 6. The van der Waals surface area contributed by atoms with Gasteiger partial charge in [0.25, 0.3) is 5.91 Å². The molecule has 33 heavy (non-hydrogen) atoms. The summed E-state index contributed by atoms with van der Waals surface area (Å²) in [7, 11) is 1.54. The highest BCUT2D eigenvalue weighted by molar-refractivity contribution is 5.90. The average molecular weight is 447 g/mol. The predicted molar refractivity (Wildman–Crippen MR) is 125 cm³/mol. The number of allylic oxidation sites excluding steroid dienone is 1. The first-order valence-corrected chi connectivity index (χ1v) is 10.7. The van der Waals surface area contributed by atoms with Gasteiger partial charge in [-0.15, -0.1) is 0 Å². The number of rotatable bonds is 6. The molecule has 2 heterocycles. The zero-order chi connectivity index (χ0) is 23.4. The Bertz CT molecular complexity index is 1210. The summed E-state index contributed by atoms with van der Waals surface area (Å²) >= 11 is 0. The van der Waals surface area contributed by atoms with Gasteiger partial charge in [0.15, 0.2) is 18.1 Å². The van der Waals surface area contributed by atoms with Gasteiger partial charge in [-0.2, -0.15) is 5.26 Å². The fourth-order valence-corrected chi connectivity index (χ4v) is 3.65. The van der Waals surface area contributed by atoms with Crippen LogP contribution < -0.4 is 9.47 Å². The zero-order valence-corrected chi connectivity index (χ0v) is 19.0. The van der Waals surface area contributed by atoms with Crippen LogP contribution in [0.1, 0.15) is 22.5 Å². The van der Waals surface area contributed by atoms with Gasteiger partial charge >= 0.3 is 0 Å². The number of imidazole rings is 1. The van der Waals surface area contributed by atoms with E-state index >= 15 is 0 Å². The van der Waals surface area contributed by atoms with Crippen LogP contribution in [-0.4, -0.2) is 60.8 Å². The van der Waals surface area contributed by atoms with Crippen LogP contribution in [0.2, 0.25) is 0 Å². The molecule has 1 aliphatic heterocycles. The Balaban J connectivity index is 1.53. The van der Waals surface area contributed by atoms with Gasteiger partial charge in [-0.25, -0.2) is 4.98 Å². The van der Waals surface area contributed by atoms with E-state index in [0.717, 1.165) is 27.7 Å². The first-order chi connectivity index (χ1) is 16.0. The van der Waals surface area contributed by atoms with Crippen molar-refractivity contribution in [1.82, 2.24) is 14.9 Å². The van der Waals surface area contributed by atoms with Crippen LogP contribution >= 0.6 is 0 Å². The van der Waals surface area contributed by atoms with Crippen LogP contribution in [0.4, 0.5) is 0 Å². The molecule has 0 aliphatic carbocycles. The number of hydrogen-bond donors (Lipinski definition) is 1. The van der Waals surface area contributed by atoms with E-state index in [-0.39, 0.29) is 12.5 Å². The molecular weight excluding hydrogens is 420 g/mol. The smallest absolute Gasteiger partial charge is 0.260 e. The van der Waals surface area contributed by atoms with Crippen molar-refractivity contribution in [2.45, 2.75) is 13.8 Å².